The van der Waals surface area contributed by atoms with E-state index in [1.54, 1.807) is 18.2 Å². The Morgan fingerprint density at radius 1 is 1.15 bits per heavy atom. The van der Waals surface area contributed by atoms with Crippen molar-refractivity contribution in [2.24, 2.45) is 0 Å². The van der Waals surface area contributed by atoms with Gasteiger partial charge in [-0.2, -0.15) is 0 Å². The molecule has 9 heteroatoms. The van der Waals surface area contributed by atoms with Crippen molar-refractivity contribution in [1.29, 1.82) is 0 Å². The molecular formula is C18H21ClN2O5S. The van der Waals surface area contributed by atoms with Crippen LogP contribution in [0.1, 0.15) is 15.9 Å². The van der Waals surface area contributed by atoms with E-state index in [0.29, 0.717) is 16.5 Å². The number of sulfonamides is 1. The van der Waals surface area contributed by atoms with Gasteiger partial charge in [0, 0.05) is 24.7 Å². The number of carbonyl (C=O) groups is 1. The SMILES string of the molecule is COc1cc(C(=O)NCc2ccccc2Cl)c(N(C)S(C)(=O)=O)cc1OC. The topological polar surface area (TPSA) is 84.9 Å². The van der Waals surface area contributed by atoms with Crippen LogP contribution in [0.2, 0.25) is 5.02 Å². The van der Waals surface area contributed by atoms with Crippen LogP contribution in [0.25, 0.3) is 0 Å². The molecule has 0 bridgehead atoms. The summed E-state index contributed by atoms with van der Waals surface area (Å²) in [5.74, 6) is 0.151. The number of methoxy groups -OCH3 is 2. The lowest BCUT2D eigenvalue weighted by Gasteiger charge is -2.22. The largest absolute Gasteiger partial charge is 0.493 e. The van der Waals surface area contributed by atoms with Crippen LogP contribution in [0, 0.1) is 0 Å². The van der Waals surface area contributed by atoms with Crippen LogP contribution in [0.15, 0.2) is 36.4 Å². The second-order valence-corrected chi connectivity index (χ2v) is 8.15. The van der Waals surface area contributed by atoms with Crippen LogP contribution >= 0.6 is 11.6 Å². The van der Waals surface area contributed by atoms with Gasteiger partial charge in [0.15, 0.2) is 11.5 Å². The Bertz CT molecular complexity index is 947. The lowest BCUT2D eigenvalue weighted by Crippen LogP contribution is -2.30. The number of rotatable bonds is 7. The minimum atomic E-state index is -3.59. The molecule has 0 atom stereocenters. The summed E-state index contributed by atoms with van der Waals surface area (Å²) in [6.07, 6.45) is 1.05. The number of hydrogen-bond acceptors (Lipinski definition) is 5. The van der Waals surface area contributed by atoms with Crippen LogP contribution in [-0.2, 0) is 16.6 Å². The fourth-order valence-electron chi connectivity index (χ4n) is 2.40. The zero-order valence-corrected chi connectivity index (χ0v) is 17.0. The van der Waals surface area contributed by atoms with Crippen LogP contribution < -0.4 is 19.1 Å². The van der Waals surface area contributed by atoms with E-state index in [0.717, 1.165) is 16.1 Å². The van der Waals surface area contributed by atoms with E-state index >= 15 is 0 Å². The van der Waals surface area contributed by atoms with Gasteiger partial charge in [-0.05, 0) is 17.7 Å². The van der Waals surface area contributed by atoms with Crippen molar-refractivity contribution in [3.63, 3.8) is 0 Å². The third-order valence-electron chi connectivity index (χ3n) is 3.98. The average molecular weight is 413 g/mol. The molecule has 0 aliphatic heterocycles. The lowest BCUT2D eigenvalue weighted by molar-refractivity contribution is 0.0951. The predicted molar refractivity (Wildman–Crippen MR) is 105 cm³/mol. The summed E-state index contributed by atoms with van der Waals surface area (Å²) < 4.78 is 35.5. The number of anilines is 1. The van der Waals surface area contributed by atoms with Crippen molar-refractivity contribution in [2.75, 3.05) is 31.8 Å². The third-order valence-corrected chi connectivity index (χ3v) is 5.54. The Morgan fingerprint density at radius 2 is 1.74 bits per heavy atom. The number of carbonyl (C=O) groups excluding carboxylic acids is 1. The monoisotopic (exact) mass is 412 g/mol. The maximum atomic E-state index is 12.8. The molecule has 2 aromatic rings. The number of hydrogen-bond donors (Lipinski definition) is 1. The highest BCUT2D eigenvalue weighted by Gasteiger charge is 2.23. The van der Waals surface area contributed by atoms with Gasteiger partial charge in [-0.3, -0.25) is 9.10 Å². The lowest BCUT2D eigenvalue weighted by atomic mass is 10.1. The molecule has 0 aliphatic carbocycles. The highest BCUT2D eigenvalue weighted by molar-refractivity contribution is 7.92. The van der Waals surface area contributed by atoms with E-state index < -0.39 is 15.9 Å². The molecule has 0 spiro atoms. The molecule has 0 radical (unpaired) electrons. The Hall–Kier alpha value is -2.45. The predicted octanol–water partition coefficient (Wildman–Crippen LogP) is 2.68. The summed E-state index contributed by atoms with van der Waals surface area (Å²) in [6.45, 7) is 0.189. The van der Waals surface area contributed by atoms with E-state index in [1.165, 1.54) is 33.4 Å². The highest BCUT2D eigenvalue weighted by Crippen LogP contribution is 2.35. The van der Waals surface area contributed by atoms with Crippen molar-refractivity contribution >= 4 is 33.2 Å². The van der Waals surface area contributed by atoms with Gasteiger partial charge in [0.25, 0.3) is 5.91 Å². The maximum Gasteiger partial charge on any atom is 0.253 e. The summed E-state index contributed by atoms with van der Waals surface area (Å²) in [5.41, 5.74) is 1.05. The zero-order valence-electron chi connectivity index (χ0n) is 15.4. The highest BCUT2D eigenvalue weighted by atomic mass is 35.5. The molecule has 2 rings (SSSR count). The van der Waals surface area contributed by atoms with Gasteiger partial charge in [-0.1, -0.05) is 29.8 Å². The Morgan fingerprint density at radius 3 is 2.30 bits per heavy atom. The van der Waals surface area contributed by atoms with Crippen LogP contribution in [0.3, 0.4) is 0 Å². The van der Waals surface area contributed by atoms with Gasteiger partial charge in [0.1, 0.15) is 0 Å². The van der Waals surface area contributed by atoms with Crippen molar-refractivity contribution in [3.05, 3.63) is 52.5 Å². The fourth-order valence-corrected chi connectivity index (χ4v) is 3.11. The van der Waals surface area contributed by atoms with Gasteiger partial charge in [-0.15, -0.1) is 0 Å². The molecule has 0 aliphatic rings. The van der Waals surface area contributed by atoms with Crippen LogP contribution in [0.4, 0.5) is 5.69 Å². The standard InChI is InChI=1S/C18H21ClN2O5S/c1-21(27(4,23)24)15-10-17(26-3)16(25-2)9-13(15)18(22)20-11-12-7-5-6-8-14(12)19/h5-10H,11H2,1-4H3,(H,20,22). The first kappa shape index (κ1) is 20.9. The van der Waals surface area contributed by atoms with Gasteiger partial charge in [0.2, 0.25) is 10.0 Å². The summed E-state index contributed by atoms with van der Waals surface area (Å²) in [4.78, 5) is 12.8. The molecule has 0 unspecified atom stereocenters. The molecule has 1 N–H and O–H groups in total. The average Bonchev–Trinajstić information content (AvgIpc) is 2.64. The summed E-state index contributed by atoms with van der Waals surface area (Å²) in [7, 11) is 0.632. The summed E-state index contributed by atoms with van der Waals surface area (Å²) in [5, 5.41) is 3.28. The Balaban J connectivity index is 2.43. The number of benzene rings is 2. The van der Waals surface area contributed by atoms with Crippen molar-refractivity contribution in [3.8, 4) is 11.5 Å². The Kier molecular flexibility index (Phi) is 6.56. The third kappa shape index (κ3) is 4.84. The minimum absolute atomic E-state index is 0.132. The normalized spacial score (nSPS) is 11.0. The summed E-state index contributed by atoms with van der Waals surface area (Å²) in [6, 6.07) is 10.0. The molecule has 27 heavy (non-hydrogen) atoms. The molecule has 0 saturated heterocycles. The van der Waals surface area contributed by atoms with Crippen LogP contribution in [0.5, 0.6) is 11.5 Å². The molecule has 146 valence electrons. The van der Waals surface area contributed by atoms with Crippen molar-refractivity contribution in [1.82, 2.24) is 5.32 Å². The Labute approximate surface area is 163 Å². The number of ether oxygens (including phenoxy) is 2. The quantitative estimate of drug-likeness (QED) is 0.755. The summed E-state index contributed by atoms with van der Waals surface area (Å²) >= 11 is 6.11. The van der Waals surface area contributed by atoms with E-state index in [9.17, 15) is 13.2 Å². The molecule has 7 nitrogen and oxygen atoms in total. The van der Waals surface area contributed by atoms with Gasteiger partial charge < -0.3 is 14.8 Å². The van der Waals surface area contributed by atoms with Gasteiger partial charge in [-0.25, -0.2) is 8.42 Å². The van der Waals surface area contributed by atoms with Gasteiger partial charge in [0.05, 0.1) is 31.7 Å². The van der Waals surface area contributed by atoms with Crippen molar-refractivity contribution < 1.29 is 22.7 Å². The molecule has 0 saturated carbocycles. The van der Waals surface area contributed by atoms with Gasteiger partial charge >= 0.3 is 0 Å². The molecule has 0 heterocycles. The molecular weight excluding hydrogens is 392 g/mol. The maximum absolute atomic E-state index is 12.8. The molecule has 0 aromatic heterocycles. The molecule has 1 amide bonds. The second-order valence-electron chi connectivity index (χ2n) is 5.73. The van der Waals surface area contributed by atoms with E-state index in [4.69, 9.17) is 21.1 Å². The van der Waals surface area contributed by atoms with Crippen molar-refractivity contribution in [2.45, 2.75) is 6.54 Å². The first-order valence-electron chi connectivity index (χ1n) is 7.90. The number of halogens is 1. The smallest absolute Gasteiger partial charge is 0.253 e. The van der Waals surface area contributed by atoms with E-state index in [2.05, 4.69) is 5.32 Å². The van der Waals surface area contributed by atoms with E-state index in [1.807, 2.05) is 6.07 Å². The molecule has 0 fully saturated rings. The first-order valence-corrected chi connectivity index (χ1v) is 10.1. The first-order chi connectivity index (χ1) is 12.7. The van der Waals surface area contributed by atoms with Crippen LogP contribution in [-0.4, -0.2) is 41.8 Å². The zero-order chi connectivity index (χ0) is 20.2. The number of nitrogens with one attached hydrogen (secondary N) is 1. The second kappa shape index (κ2) is 8.49. The molecule has 2 aromatic carbocycles. The number of amides is 1. The minimum Gasteiger partial charge on any atom is -0.493 e. The number of nitrogens with zero attached hydrogens (tertiary/aromatic N) is 1. The van der Waals surface area contributed by atoms with E-state index in [-0.39, 0.29) is 17.8 Å². The fraction of sp³-hybridized carbons (Fsp3) is 0.278.